The molecule has 10 heteroatoms. The second-order valence-electron chi connectivity index (χ2n) is 9.59. The fourth-order valence-corrected chi connectivity index (χ4v) is 4.53. The number of benzene rings is 1. The molecular formula is C26H35N7O3. The van der Waals surface area contributed by atoms with Crippen LogP contribution in [0.5, 0.6) is 0 Å². The Morgan fingerprint density at radius 3 is 2.53 bits per heavy atom. The van der Waals surface area contributed by atoms with Crippen molar-refractivity contribution in [3.8, 4) is 0 Å². The standard InChI is InChI=1S/C26H35N7O3/c1-5-7-15-32-23-22(24(35)30-26(32)36)33(16-17(3)4)20(28-23)12-13-21(34)29-25-27-18-10-8-9-11-19(18)31(25)14-6-2/h8-11,17H,5-7,12-16H2,1-4H3,(H,27,29,34)(H,30,35,36). The molecule has 0 aliphatic rings. The number of aromatic amines is 1. The normalized spacial score (nSPS) is 11.7. The van der Waals surface area contributed by atoms with Gasteiger partial charge in [-0.15, -0.1) is 0 Å². The van der Waals surface area contributed by atoms with Crippen molar-refractivity contribution in [3.63, 3.8) is 0 Å². The number of unbranched alkanes of at least 4 members (excludes halogenated alkanes) is 1. The molecule has 1 amide bonds. The number of nitrogens with one attached hydrogen (secondary N) is 2. The van der Waals surface area contributed by atoms with E-state index in [4.69, 9.17) is 4.98 Å². The van der Waals surface area contributed by atoms with Crippen LogP contribution in [0, 0.1) is 5.92 Å². The van der Waals surface area contributed by atoms with Gasteiger partial charge in [-0.2, -0.15) is 0 Å². The second-order valence-corrected chi connectivity index (χ2v) is 9.59. The molecule has 0 atom stereocenters. The number of anilines is 1. The summed E-state index contributed by atoms with van der Waals surface area (Å²) in [7, 11) is 0. The summed E-state index contributed by atoms with van der Waals surface area (Å²) in [6.07, 6.45) is 3.14. The number of hydrogen-bond donors (Lipinski definition) is 2. The highest BCUT2D eigenvalue weighted by atomic mass is 16.2. The summed E-state index contributed by atoms with van der Waals surface area (Å²) >= 11 is 0. The van der Waals surface area contributed by atoms with E-state index >= 15 is 0 Å². The zero-order valence-corrected chi connectivity index (χ0v) is 21.5. The number of amides is 1. The van der Waals surface area contributed by atoms with E-state index in [1.807, 2.05) is 40.3 Å². The zero-order valence-electron chi connectivity index (χ0n) is 21.5. The number of carbonyl (C=O) groups is 1. The molecule has 0 saturated carbocycles. The molecule has 4 aromatic rings. The van der Waals surface area contributed by atoms with Crippen LogP contribution in [0.15, 0.2) is 33.9 Å². The van der Waals surface area contributed by atoms with Gasteiger partial charge in [0.1, 0.15) is 5.82 Å². The number of para-hydroxylation sites is 2. The lowest BCUT2D eigenvalue weighted by molar-refractivity contribution is -0.116. The molecule has 3 heterocycles. The fraction of sp³-hybridized carbons (Fsp3) is 0.500. The lowest BCUT2D eigenvalue weighted by Crippen LogP contribution is -2.31. The fourth-order valence-electron chi connectivity index (χ4n) is 4.53. The van der Waals surface area contributed by atoms with Crippen molar-refractivity contribution in [1.82, 2.24) is 28.7 Å². The van der Waals surface area contributed by atoms with Gasteiger partial charge >= 0.3 is 5.69 Å². The van der Waals surface area contributed by atoms with Crippen molar-refractivity contribution in [2.24, 2.45) is 5.92 Å². The van der Waals surface area contributed by atoms with Gasteiger partial charge in [-0.3, -0.25) is 24.5 Å². The molecule has 0 aliphatic carbocycles. The van der Waals surface area contributed by atoms with Gasteiger partial charge in [0, 0.05) is 32.5 Å². The molecule has 1 aromatic carbocycles. The summed E-state index contributed by atoms with van der Waals surface area (Å²) in [5.74, 6) is 1.23. The van der Waals surface area contributed by atoms with Crippen LogP contribution in [0.2, 0.25) is 0 Å². The topological polar surface area (TPSA) is 120 Å². The molecular weight excluding hydrogens is 458 g/mol. The highest BCUT2D eigenvalue weighted by molar-refractivity contribution is 5.91. The Bertz CT molecular complexity index is 1490. The van der Waals surface area contributed by atoms with Crippen molar-refractivity contribution in [1.29, 1.82) is 0 Å². The Balaban J connectivity index is 1.63. The number of aryl methyl sites for hydroxylation is 3. The number of fused-ring (bicyclic) bond motifs is 2. The highest BCUT2D eigenvalue weighted by Gasteiger charge is 2.20. The molecule has 2 N–H and O–H groups in total. The summed E-state index contributed by atoms with van der Waals surface area (Å²) in [6.45, 7) is 10.0. The van der Waals surface area contributed by atoms with Crippen LogP contribution >= 0.6 is 0 Å². The third kappa shape index (κ3) is 5.12. The number of aromatic nitrogens is 6. The van der Waals surface area contributed by atoms with Gasteiger partial charge in [0.25, 0.3) is 5.56 Å². The van der Waals surface area contributed by atoms with Crippen LogP contribution in [0.4, 0.5) is 5.95 Å². The first-order valence-corrected chi connectivity index (χ1v) is 12.8. The third-order valence-corrected chi connectivity index (χ3v) is 6.18. The number of carbonyl (C=O) groups excluding carboxylic acids is 1. The molecule has 4 rings (SSSR count). The molecule has 0 spiro atoms. The van der Waals surface area contributed by atoms with E-state index in [1.165, 1.54) is 4.57 Å². The maximum absolute atomic E-state index is 13.0. The number of hydrogen-bond acceptors (Lipinski definition) is 5. The van der Waals surface area contributed by atoms with Gasteiger partial charge in [0.05, 0.1) is 11.0 Å². The van der Waals surface area contributed by atoms with E-state index in [1.54, 1.807) is 0 Å². The van der Waals surface area contributed by atoms with Gasteiger partial charge in [0.15, 0.2) is 11.2 Å². The van der Waals surface area contributed by atoms with E-state index in [2.05, 4.69) is 36.1 Å². The van der Waals surface area contributed by atoms with E-state index in [0.717, 1.165) is 36.8 Å². The SMILES string of the molecule is CCCCn1c(=O)[nH]c(=O)c2c1nc(CCC(=O)Nc1nc3ccccc3n1CCC)n2CC(C)C. The average molecular weight is 494 g/mol. The summed E-state index contributed by atoms with van der Waals surface area (Å²) in [5.41, 5.74) is 1.70. The maximum Gasteiger partial charge on any atom is 0.330 e. The van der Waals surface area contributed by atoms with Crippen molar-refractivity contribution >= 4 is 34.1 Å². The number of rotatable bonds is 11. The lowest BCUT2D eigenvalue weighted by atomic mass is 10.2. The molecule has 192 valence electrons. The molecule has 0 unspecified atom stereocenters. The first kappa shape index (κ1) is 25.4. The number of H-pyrrole nitrogens is 1. The van der Waals surface area contributed by atoms with Gasteiger partial charge in [0.2, 0.25) is 11.9 Å². The van der Waals surface area contributed by atoms with E-state index in [0.29, 0.717) is 42.4 Å². The molecule has 0 fully saturated rings. The molecule has 10 nitrogen and oxygen atoms in total. The van der Waals surface area contributed by atoms with Gasteiger partial charge in [-0.25, -0.2) is 14.8 Å². The molecule has 0 aliphatic heterocycles. The molecule has 3 aromatic heterocycles. The lowest BCUT2D eigenvalue weighted by Gasteiger charge is -2.12. The zero-order chi connectivity index (χ0) is 25.8. The summed E-state index contributed by atoms with van der Waals surface area (Å²) < 4.78 is 5.42. The molecule has 0 saturated heterocycles. The molecule has 0 bridgehead atoms. The van der Waals surface area contributed by atoms with Crippen molar-refractivity contribution in [2.75, 3.05) is 5.32 Å². The minimum absolute atomic E-state index is 0.174. The van der Waals surface area contributed by atoms with Crippen molar-refractivity contribution in [2.45, 2.75) is 79.4 Å². The number of nitrogens with zero attached hydrogens (tertiary/aromatic N) is 5. The summed E-state index contributed by atoms with van der Waals surface area (Å²) in [6, 6.07) is 7.82. The Morgan fingerprint density at radius 2 is 1.81 bits per heavy atom. The highest BCUT2D eigenvalue weighted by Crippen LogP contribution is 2.21. The van der Waals surface area contributed by atoms with Crippen LogP contribution in [0.25, 0.3) is 22.2 Å². The largest absolute Gasteiger partial charge is 0.330 e. The molecule has 36 heavy (non-hydrogen) atoms. The summed E-state index contributed by atoms with van der Waals surface area (Å²) in [5, 5.41) is 2.96. The average Bonchev–Trinajstić information content (AvgIpc) is 3.36. The van der Waals surface area contributed by atoms with E-state index < -0.39 is 11.2 Å². The Morgan fingerprint density at radius 1 is 1.03 bits per heavy atom. The molecule has 0 radical (unpaired) electrons. The van der Waals surface area contributed by atoms with Crippen LogP contribution in [0.1, 0.15) is 59.2 Å². The Labute approximate surface area is 209 Å². The monoisotopic (exact) mass is 493 g/mol. The first-order chi connectivity index (χ1) is 17.3. The predicted molar refractivity (Wildman–Crippen MR) is 141 cm³/mol. The van der Waals surface area contributed by atoms with Crippen LogP contribution in [-0.4, -0.2) is 34.6 Å². The third-order valence-electron chi connectivity index (χ3n) is 6.18. The Hall–Kier alpha value is -3.69. The van der Waals surface area contributed by atoms with Gasteiger partial charge in [-0.1, -0.05) is 46.2 Å². The Kier molecular flexibility index (Phi) is 7.71. The quantitative estimate of drug-likeness (QED) is 0.330. The van der Waals surface area contributed by atoms with Crippen molar-refractivity contribution in [3.05, 3.63) is 50.9 Å². The van der Waals surface area contributed by atoms with Gasteiger partial charge < -0.3 is 9.13 Å². The number of imidazole rings is 2. The minimum atomic E-state index is -0.450. The van der Waals surface area contributed by atoms with Crippen LogP contribution < -0.4 is 16.6 Å². The summed E-state index contributed by atoms with van der Waals surface area (Å²) in [4.78, 5) is 50.0. The van der Waals surface area contributed by atoms with Crippen LogP contribution in [0.3, 0.4) is 0 Å². The van der Waals surface area contributed by atoms with E-state index in [9.17, 15) is 14.4 Å². The second kappa shape index (κ2) is 10.9. The van der Waals surface area contributed by atoms with Crippen LogP contribution in [-0.2, 0) is 30.8 Å². The van der Waals surface area contributed by atoms with Gasteiger partial charge in [-0.05, 0) is 30.9 Å². The predicted octanol–water partition coefficient (Wildman–Crippen LogP) is 3.67. The maximum atomic E-state index is 13.0. The van der Waals surface area contributed by atoms with Crippen molar-refractivity contribution < 1.29 is 4.79 Å². The first-order valence-electron chi connectivity index (χ1n) is 12.8. The minimum Gasteiger partial charge on any atom is -0.322 e. The van der Waals surface area contributed by atoms with E-state index in [-0.39, 0.29) is 18.2 Å². The smallest absolute Gasteiger partial charge is 0.322 e.